The summed E-state index contributed by atoms with van der Waals surface area (Å²) >= 11 is 1.48. The smallest absolute Gasteiger partial charge is 0.195 e. The molecule has 7 heteroatoms. The van der Waals surface area contributed by atoms with Crippen molar-refractivity contribution >= 4 is 11.8 Å². The van der Waals surface area contributed by atoms with Gasteiger partial charge in [0.2, 0.25) is 0 Å². The summed E-state index contributed by atoms with van der Waals surface area (Å²) in [4.78, 5) is 14.7. The van der Waals surface area contributed by atoms with Crippen LogP contribution < -0.4 is 9.47 Å². The molecule has 0 bridgehead atoms. The first kappa shape index (κ1) is 19.1. The molecular weight excluding hydrogens is 372 g/mol. The zero-order chi connectivity index (χ0) is 19.3. The standard InChI is InChI=1S/C21H26N4O2S/c1-26-16-8-9-18(27-2)19(12-16)28-21-23-17-13-22-14-25(20(17)24-21)11-10-15-6-4-3-5-7-15/h8-9,12-15H,3-7,10-11H2,1-2H3. The minimum absolute atomic E-state index is 0.695. The van der Waals surface area contributed by atoms with Crippen LogP contribution in [0.5, 0.6) is 11.5 Å². The third kappa shape index (κ3) is 4.24. The molecule has 2 aliphatic heterocycles. The molecule has 0 N–H and O–H groups in total. The van der Waals surface area contributed by atoms with Crippen molar-refractivity contribution in [1.82, 2.24) is 19.5 Å². The van der Waals surface area contributed by atoms with Crippen molar-refractivity contribution in [1.29, 1.82) is 0 Å². The van der Waals surface area contributed by atoms with E-state index in [1.807, 2.05) is 24.5 Å². The molecule has 28 heavy (non-hydrogen) atoms. The van der Waals surface area contributed by atoms with Crippen molar-refractivity contribution in [2.75, 3.05) is 14.2 Å². The monoisotopic (exact) mass is 398 g/mol. The Morgan fingerprint density at radius 1 is 1.11 bits per heavy atom. The molecule has 0 aromatic heterocycles. The van der Waals surface area contributed by atoms with E-state index in [2.05, 4.69) is 14.5 Å². The number of benzene rings is 1. The lowest BCUT2D eigenvalue weighted by atomic mass is 9.87. The van der Waals surface area contributed by atoms with Gasteiger partial charge in [0.15, 0.2) is 11.0 Å². The van der Waals surface area contributed by atoms with E-state index in [0.29, 0.717) is 5.16 Å². The second-order valence-electron chi connectivity index (χ2n) is 7.21. The molecule has 0 saturated heterocycles. The van der Waals surface area contributed by atoms with Crippen molar-refractivity contribution in [3.05, 3.63) is 30.7 Å². The van der Waals surface area contributed by atoms with Crippen molar-refractivity contribution in [2.24, 2.45) is 5.92 Å². The highest BCUT2D eigenvalue weighted by molar-refractivity contribution is 7.99. The summed E-state index contributed by atoms with van der Waals surface area (Å²) < 4.78 is 12.9. The SMILES string of the molecule is COc1ccc(OC)c(Sc2nc3cncn(CCC4CCCCC4)c-3n2)c1. The van der Waals surface area contributed by atoms with Crippen LogP contribution in [0.1, 0.15) is 38.5 Å². The summed E-state index contributed by atoms with van der Waals surface area (Å²) in [5, 5.41) is 0.695. The molecular formula is C21H26N4O2S. The number of ether oxygens (including phenoxy) is 2. The molecule has 0 amide bonds. The predicted molar refractivity (Wildman–Crippen MR) is 109 cm³/mol. The molecule has 148 valence electrons. The highest BCUT2D eigenvalue weighted by atomic mass is 32.2. The number of aromatic nitrogens is 4. The van der Waals surface area contributed by atoms with Crippen LogP contribution >= 0.6 is 11.8 Å². The van der Waals surface area contributed by atoms with Crippen LogP contribution in [0.2, 0.25) is 0 Å². The van der Waals surface area contributed by atoms with Gasteiger partial charge in [-0.1, -0.05) is 32.1 Å². The van der Waals surface area contributed by atoms with Crippen molar-refractivity contribution in [3.8, 4) is 23.0 Å². The van der Waals surface area contributed by atoms with Gasteiger partial charge in [0, 0.05) is 6.54 Å². The molecule has 1 aromatic rings. The van der Waals surface area contributed by atoms with Gasteiger partial charge in [-0.3, -0.25) is 0 Å². The minimum Gasteiger partial charge on any atom is -0.497 e. The predicted octanol–water partition coefficient (Wildman–Crippen LogP) is 4.92. The fourth-order valence-corrected chi connectivity index (χ4v) is 4.73. The first-order valence-corrected chi connectivity index (χ1v) is 10.7. The number of hydrogen-bond acceptors (Lipinski definition) is 6. The molecule has 6 nitrogen and oxygen atoms in total. The number of rotatable bonds is 7. The minimum atomic E-state index is 0.695. The molecule has 3 aliphatic rings. The Hall–Kier alpha value is -2.28. The van der Waals surface area contributed by atoms with Gasteiger partial charge in [-0.05, 0) is 42.3 Å². The van der Waals surface area contributed by atoms with E-state index >= 15 is 0 Å². The average molecular weight is 399 g/mol. The fourth-order valence-electron chi connectivity index (χ4n) is 3.83. The second-order valence-corrected chi connectivity index (χ2v) is 8.22. The highest BCUT2D eigenvalue weighted by Crippen LogP contribution is 2.37. The van der Waals surface area contributed by atoms with Gasteiger partial charge >= 0.3 is 0 Å². The lowest BCUT2D eigenvalue weighted by Gasteiger charge is -2.22. The van der Waals surface area contributed by atoms with Gasteiger partial charge in [0.25, 0.3) is 0 Å². The Morgan fingerprint density at radius 3 is 2.75 bits per heavy atom. The second kappa shape index (κ2) is 8.82. The largest absolute Gasteiger partial charge is 0.497 e. The van der Waals surface area contributed by atoms with E-state index in [4.69, 9.17) is 14.5 Å². The van der Waals surface area contributed by atoms with Gasteiger partial charge in [-0.2, -0.15) is 0 Å². The number of nitrogens with zero attached hydrogens (tertiary/aromatic N) is 4. The molecule has 1 fully saturated rings. The molecule has 1 aromatic carbocycles. The van der Waals surface area contributed by atoms with Crippen LogP contribution in [-0.4, -0.2) is 33.7 Å². The van der Waals surface area contributed by atoms with Gasteiger partial charge in [0.05, 0.1) is 31.6 Å². The maximum atomic E-state index is 5.47. The van der Waals surface area contributed by atoms with Gasteiger partial charge in [-0.15, -0.1) is 0 Å². The quantitative estimate of drug-likeness (QED) is 0.563. The molecule has 0 radical (unpaired) electrons. The van der Waals surface area contributed by atoms with Crippen molar-refractivity contribution in [3.63, 3.8) is 0 Å². The van der Waals surface area contributed by atoms with E-state index in [-0.39, 0.29) is 0 Å². The molecule has 2 heterocycles. The summed E-state index contributed by atoms with van der Waals surface area (Å²) in [5.41, 5.74) is 0.829. The van der Waals surface area contributed by atoms with Gasteiger partial charge in [0.1, 0.15) is 17.2 Å². The zero-order valence-electron chi connectivity index (χ0n) is 16.4. The van der Waals surface area contributed by atoms with E-state index < -0.39 is 0 Å². The van der Waals surface area contributed by atoms with Gasteiger partial charge < -0.3 is 14.0 Å². The molecule has 1 aliphatic carbocycles. The van der Waals surface area contributed by atoms with Crippen molar-refractivity contribution < 1.29 is 9.47 Å². The van der Waals surface area contributed by atoms with Crippen LogP contribution in [0, 0.1) is 5.92 Å². The lowest BCUT2D eigenvalue weighted by molar-refractivity contribution is 0.323. The Kier molecular flexibility index (Phi) is 6.00. The average Bonchev–Trinajstić information content (AvgIpc) is 3.16. The number of imidazole rings is 1. The number of methoxy groups -OCH3 is 2. The van der Waals surface area contributed by atoms with E-state index in [1.54, 1.807) is 20.4 Å². The summed E-state index contributed by atoms with van der Waals surface area (Å²) in [6.07, 6.45) is 11.7. The number of aryl methyl sites for hydroxylation is 1. The Morgan fingerprint density at radius 2 is 1.96 bits per heavy atom. The maximum absolute atomic E-state index is 5.47. The molecule has 4 rings (SSSR count). The van der Waals surface area contributed by atoms with Crippen LogP contribution in [0.25, 0.3) is 11.5 Å². The van der Waals surface area contributed by atoms with E-state index in [1.165, 1.54) is 50.3 Å². The van der Waals surface area contributed by atoms with Crippen LogP contribution in [0.15, 0.2) is 40.8 Å². The Bertz CT molecular complexity index is 892. The van der Waals surface area contributed by atoms with Crippen molar-refractivity contribution in [2.45, 2.75) is 55.1 Å². The van der Waals surface area contributed by atoms with Crippen LogP contribution in [0.4, 0.5) is 0 Å². The molecule has 0 spiro atoms. The Labute approximate surface area is 170 Å². The van der Waals surface area contributed by atoms with E-state index in [9.17, 15) is 0 Å². The maximum Gasteiger partial charge on any atom is 0.195 e. The molecule has 1 saturated carbocycles. The van der Waals surface area contributed by atoms with Gasteiger partial charge in [-0.25, -0.2) is 15.0 Å². The summed E-state index contributed by atoms with van der Waals surface area (Å²) in [7, 11) is 3.32. The molecule has 0 unspecified atom stereocenters. The first-order chi connectivity index (χ1) is 13.8. The highest BCUT2D eigenvalue weighted by Gasteiger charge is 2.19. The molecule has 0 atom stereocenters. The Balaban J connectivity index is 1.54. The third-order valence-electron chi connectivity index (χ3n) is 5.40. The fraction of sp³-hybridized carbons (Fsp3) is 0.476. The summed E-state index contributed by atoms with van der Waals surface area (Å²) in [5.74, 6) is 3.29. The number of hydrogen-bond donors (Lipinski definition) is 0. The zero-order valence-corrected chi connectivity index (χ0v) is 17.2. The van der Waals surface area contributed by atoms with Crippen LogP contribution in [0.3, 0.4) is 0 Å². The summed E-state index contributed by atoms with van der Waals surface area (Å²) in [6.45, 7) is 0.945. The first-order valence-electron chi connectivity index (χ1n) is 9.84. The number of fused-ring (bicyclic) bond motifs is 1. The third-order valence-corrected chi connectivity index (χ3v) is 6.30. The topological polar surface area (TPSA) is 62.1 Å². The normalized spacial score (nSPS) is 15.1. The van der Waals surface area contributed by atoms with Crippen LogP contribution in [-0.2, 0) is 6.54 Å². The van der Waals surface area contributed by atoms with E-state index in [0.717, 1.165) is 40.4 Å². The summed E-state index contributed by atoms with van der Waals surface area (Å²) in [6, 6.07) is 5.73. The lowest BCUT2D eigenvalue weighted by Crippen LogP contribution is -2.12.